The van der Waals surface area contributed by atoms with E-state index in [1.165, 1.54) is 23.3 Å². The summed E-state index contributed by atoms with van der Waals surface area (Å²) in [6.45, 7) is 5.56. The summed E-state index contributed by atoms with van der Waals surface area (Å²) in [7, 11) is 0. The van der Waals surface area contributed by atoms with Crippen LogP contribution in [0.25, 0.3) is 0 Å². The molecule has 0 saturated carbocycles. The molecule has 2 rings (SSSR count). The van der Waals surface area contributed by atoms with Gasteiger partial charge >= 0.3 is 6.36 Å². The topological polar surface area (TPSA) is 59.0 Å². The van der Waals surface area contributed by atoms with Crippen LogP contribution in [-0.4, -0.2) is 41.2 Å². The average Bonchev–Trinajstić information content (AvgIpc) is 2.55. The van der Waals surface area contributed by atoms with E-state index in [4.69, 9.17) is 4.84 Å². The third kappa shape index (κ3) is 5.99. The van der Waals surface area contributed by atoms with Gasteiger partial charge in [0.15, 0.2) is 0 Å². The molecule has 1 aromatic rings. The van der Waals surface area contributed by atoms with Gasteiger partial charge in [0.25, 0.3) is 0 Å². The van der Waals surface area contributed by atoms with Crippen molar-refractivity contribution in [3.8, 4) is 5.75 Å². The second kappa shape index (κ2) is 7.92. The van der Waals surface area contributed by atoms with E-state index >= 15 is 0 Å². The molecule has 27 heavy (non-hydrogen) atoms. The molecule has 1 saturated heterocycles. The second-order valence-electron chi connectivity index (χ2n) is 7.77. The molecular weight excluding hydrogens is 363 g/mol. The van der Waals surface area contributed by atoms with Gasteiger partial charge in [-0.15, -0.1) is 13.2 Å². The molecule has 1 N–H and O–H groups in total. The molecule has 1 unspecified atom stereocenters. The second-order valence-corrected chi connectivity index (χ2v) is 7.77. The summed E-state index contributed by atoms with van der Waals surface area (Å²) in [6.07, 6.45) is -4.10. The fourth-order valence-electron chi connectivity index (χ4n) is 3.14. The third-order valence-corrected chi connectivity index (χ3v) is 4.29. The molecule has 0 aliphatic carbocycles. The molecule has 0 amide bonds. The van der Waals surface area contributed by atoms with Gasteiger partial charge in [-0.05, 0) is 45.2 Å². The molecule has 1 atom stereocenters. The summed E-state index contributed by atoms with van der Waals surface area (Å²) >= 11 is 0. The molecule has 1 aliphatic heterocycles. The number of para-hydroxylation sites is 1. The average molecular weight is 387 g/mol. The minimum atomic E-state index is -4.81. The highest BCUT2D eigenvalue weighted by atomic mass is 19.4. The van der Waals surface area contributed by atoms with Crippen LogP contribution in [-0.2, 0) is 16.1 Å². The molecule has 0 radical (unpaired) electrons. The summed E-state index contributed by atoms with van der Waals surface area (Å²) in [5, 5.41) is 11.5. The summed E-state index contributed by atoms with van der Waals surface area (Å²) in [6, 6.07) is 5.83. The maximum atomic E-state index is 12.7. The Balaban J connectivity index is 2.24. The van der Waals surface area contributed by atoms with Crippen LogP contribution in [0.4, 0.5) is 13.2 Å². The first-order valence-electron chi connectivity index (χ1n) is 8.62. The highest BCUT2D eigenvalue weighted by Gasteiger charge is 2.40. The van der Waals surface area contributed by atoms with Gasteiger partial charge in [0.1, 0.15) is 17.4 Å². The van der Waals surface area contributed by atoms with E-state index in [9.17, 15) is 23.1 Å². The minimum Gasteiger partial charge on any atom is -0.406 e. The number of hydroxylamine groups is 2. The molecule has 1 aromatic carbocycles. The number of halogens is 3. The van der Waals surface area contributed by atoms with Crippen molar-refractivity contribution in [1.82, 2.24) is 5.06 Å². The molecule has 150 valence electrons. The lowest BCUT2D eigenvalue weighted by molar-refractivity contribution is -0.275. The van der Waals surface area contributed by atoms with E-state index in [1.807, 2.05) is 26.7 Å². The standard InChI is InChI=1S/C19H24F3NO4/c1-17(2,3)27-23-9-8-18(13-25,11-15(23)12-24)10-14-6-4-5-7-16(14)26-19(20,21)22/h4-7,25H,8-11,13H2,1-3H3. The highest BCUT2D eigenvalue weighted by molar-refractivity contribution is 5.52. The fourth-order valence-corrected chi connectivity index (χ4v) is 3.14. The number of allylic oxidation sites excluding steroid dienone is 1. The quantitative estimate of drug-likeness (QED) is 0.782. The van der Waals surface area contributed by atoms with Crippen LogP contribution in [0.5, 0.6) is 5.75 Å². The summed E-state index contributed by atoms with van der Waals surface area (Å²) < 4.78 is 42.1. The number of hydrogen-bond donors (Lipinski definition) is 1. The summed E-state index contributed by atoms with van der Waals surface area (Å²) in [4.78, 5) is 17.2. The molecule has 0 spiro atoms. The van der Waals surface area contributed by atoms with Gasteiger partial charge in [0, 0.05) is 25.0 Å². The number of alkyl halides is 3. The highest BCUT2D eigenvalue weighted by Crippen LogP contribution is 2.41. The monoisotopic (exact) mass is 387 g/mol. The van der Waals surface area contributed by atoms with Crippen molar-refractivity contribution in [2.45, 2.75) is 52.0 Å². The number of aliphatic hydroxyl groups is 1. The van der Waals surface area contributed by atoms with Crippen LogP contribution in [0, 0.1) is 5.41 Å². The van der Waals surface area contributed by atoms with Gasteiger partial charge in [-0.1, -0.05) is 18.2 Å². The Labute approximate surface area is 156 Å². The number of ether oxygens (including phenoxy) is 1. The van der Waals surface area contributed by atoms with Gasteiger partial charge in [-0.25, -0.2) is 9.86 Å². The van der Waals surface area contributed by atoms with E-state index in [-0.39, 0.29) is 30.9 Å². The van der Waals surface area contributed by atoms with Crippen molar-refractivity contribution in [2.75, 3.05) is 13.2 Å². The Bertz CT molecular complexity index is 708. The number of piperidine rings is 1. The zero-order valence-corrected chi connectivity index (χ0v) is 15.6. The number of hydrogen-bond acceptors (Lipinski definition) is 5. The lowest BCUT2D eigenvalue weighted by Crippen LogP contribution is -2.44. The van der Waals surface area contributed by atoms with Crippen LogP contribution in [0.2, 0.25) is 0 Å². The number of carbonyl (C=O) groups excluding carboxylic acids is 1. The van der Waals surface area contributed by atoms with E-state index in [0.29, 0.717) is 18.5 Å². The first kappa shape index (κ1) is 21.3. The Kier molecular flexibility index (Phi) is 6.24. The molecule has 1 aliphatic rings. The maximum absolute atomic E-state index is 12.7. The fraction of sp³-hybridized carbons (Fsp3) is 0.579. The molecule has 5 nitrogen and oxygen atoms in total. The SMILES string of the molecule is CC(C)(C)ON1CCC(CO)(Cc2ccccc2OC(F)(F)F)CC1=C=O. The summed E-state index contributed by atoms with van der Waals surface area (Å²) in [5.74, 6) is 1.55. The first-order chi connectivity index (χ1) is 12.5. The number of benzene rings is 1. The Hall–Kier alpha value is -2.02. The van der Waals surface area contributed by atoms with Crippen molar-refractivity contribution < 1.29 is 32.6 Å². The van der Waals surface area contributed by atoms with Crippen LogP contribution in [0.15, 0.2) is 30.0 Å². The molecule has 8 heteroatoms. The van der Waals surface area contributed by atoms with Gasteiger partial charge in [0.2, 0.25) is 0 Å². The van der Waals surface area contributed by atoms with E-state index in [1.54, 1.807) is 6.07 Å². The lowest BCUT2D eigenvalue weighted by Gasteiger charge is -2.43. The molecular formula is C19H24F3NO4. The zero-order valence-electron chi connectivity index (χ0n) is 15.6. The molecule has 0 aromatic heterocycles. The van der Waals surface area contributed by atoms with Crippen molar-refractivity contribution in [2.24, 2.45) is 5.41 Å². The van der Waals surface area contributed by atoms with E-state index in [2.05, 4.69) is 4.74 Å². The smallest absolute Gasteiger partial charge is 0.406 e. The third-order valence-electron chi connectivity index (χ3n) is 4.29. The maximum Gasteiger partial charge on any atom is 0.573 e. The Morgan fingerprint density at radius 1 is 1.26 bits per heavy atom. The van der Waals surface area contributed by atoms with Crippen molar-refractivity contribution in [3.63, 3.8) is 0 Å². The van der Waals surface area contributed by atoms with Gasteiger partial charge in [-0.3, -0.25) is 4.84 Å². The van der Waals surface area contributed by atoms with Gasteiger partial charge < -0.3 is 9.84 Å². The van der Waals surface area contributed by atoms with E-state index in [0.717, 1.165) is 0 Å². The minimum absolute atomic E-state index is 0.129. The zero-order chi connectivity index (χ0) is 20.3. The van der Waals surface area contributed by atoms with Crippen molar-refractivity contribution in [3.05, 3.63) is 35.5 Å². The molecule has 1 heterocycles. The summed E-state index contributed by atoms with van der Waals surface area (Å²) in [5.41, 5.74) is -0.761. The largest absolute Gasteiger partial charge is 0.573 e. The number of nitrogens with zero attached hydrogens (tertiary/aromatic N) is 1. The van der Waals surface area contributed by atoms with Gasteiger partial charge in [0.05, 0.1) is 5.60 Å². The number of rotatable bonds is 5. The molecule has 0 bridgehead atoms. The van der Waals surface area contributed by atoms with Crippen molar-refractivity contribution in [1.29, 1.82) is 0 Å². The Morgan fingerprint density at radius 3 is 2.48 bits per heavy atom. The van der Waals surface area contributed by atoms with Crippen LogP contribution >= 0.6 is 0 Å². The van der Waals surface area contributed by atoms with Crippen LogP contribution in [0.3, 0.4) is 0 Å². The van der Waals surface area contributed by atoms with Crippen molar-refractivity contribution >= 4 is 5.94 Å². The van der Waals surface area contributed by atoms with E-state index < -0.39 is 17.4 Å². The van der Waals surface area contributed by atoms with Crippen LogP contribution < -0.4 is 4.74 Å². The normalized spacial score (nSPS) is 21.1. The van der Waals surface area contributed by atoms with Gasteiger partial charge in [-0.2, -0.15) is 0 Å². The lowest BCUT2D eigenvalue weighted by atomic mass is 9.73. The predicted octanol–water partition coefficient (Wildman–Crippen LogP) is 3.65. The predicted molar refractivity (Wildman–Crippen MR) is 92.3 cm³/mol. The number of aliphatic hydroxyl groups excluding tert-OH is 1. The molecule has 1 fully saturated rings. The van der Waals surface area contributed by atoms with Crippen LogP contribution in [0.1, 0.15) is 39.2 Å². The first-order valence-corrected chi connectivity index (χ1v) is 8.62. The Morgan fingerprint density at radius 2 is 1.93 bits per heavy atom.